The van der Waals surface area contributed by atoms with Crippen molar-refractivity contribution in [2.24, 2.45) is 0 Å². The molecule has 3 rings (SSSR count). The van der Waals surface area contributed by atoms with Crippen molar-refractivity contribution in [2.75, 3.05) is 11.1 Å². The van der Waals surface area contributed by atoms with E-state index in [1.807, 2.05) is 31.2 Å². The molecule has 6 heteroatoms. The smallest absolute Gasteiger partial charge is 0.234 e. The summed E-state index contributed by atoms with van der Waals surface area (Å²) < 4.78 is 2.17. The summed E-state index contributed by atoms with van der Waals surface area (Å²) >= 11 is 1.45. The summed E-state index contributed by atoms with van der Waals surface area (Å²) in [6, 6.07) is 8.10. The second kappa shape index (κ2) is 6.74. The Hall–Kier alpha value is -1.82. The summed E-state index contributed by atoms with van der Waals surface area (Å²) in [5.74, 6) is 1.95. The average Bonchev–Trinajstić information content (AvgIpc) is 3.27. The van der Waals surface area contributed by atoms with E-state index in [1.165, 1.54) is 24.6 Å². The lowest BCUT2D eigenvalue weighted by molar-refractivity contribution is -0.113. The highest BCUT2D eigenvalue weighted by molar-refractivity contribution is 7.99. The quantitative estimate of drug-likeness (QED) is 0.819. The topological polar surface area (TPSA) is 59.8 Å². The number of para-hydroxylation sites is 1. The number of benzene rings is 1. The van der Waals surface area contributed by atoms with Crippen molar-refractivity contribution in [3.05, 3.63) is 35.7 Å². The number of aromatic nitrogens is 3. The minimum absolute atomic E-state index is 0.0180. The zero-order valence-electron chi connectivity index (χ0n) is 13.7. The molecule has 0 unspecified atom stereocenters. The molecular weight excluding hydrogens is 308 g/mol. The van der Waals surface area contributed by atoms with Crippen LogP contribution < -0.4 is 5.32 Å². The van der Waals surface area contributed by atoms with Gasteiger partial charge in [-0.2, -0.15) is 0 Å². The van der Waals surface area contributed by atoms with Gasteiger partial charge in [-0.3, -0.25) is 4.79 Å². The van der Waals surface area contributed by atoms with Crippen molar-refractivity contribution in [2.45, 2.75) is 50.7 Å². The van der Waals surface area contributed by atoms with Crippen molar-refractivity contribution >= 4 is 23.4 Å². The predicted molar refractivity (Wildman–Crippen MR) is 92.9 cm³/mol. The third-order valence-electron chi connectivity index (χ3n) is 3.90. The molecule has 0 atom stereocenters. The Bertz CT molecular complexity index is 706. The third kappa shape index (κ3) is 3.75. The minimum atomic E-state index is -0.0180. The predicted octanol–water partition coefficient (Wildman–Crippen LogP) is 3.78. The molecule has 1 saturated carbocycles. The van der Waals surface area contributed by atoms with Crippen LogP contribution in [0.5, 0.6) is 0 Å². The monoisotopic (exact) mass is 330 g/mol. The molecule has 0 radical (unpaired) electrons. The second-order valence-corrected chi connectivity index (χ2v) is 7.17. The number of nitrogens with zero attached hydrogens (tertiary/aromatic N) is 3. The highest BCUT2D eigenvalue weighted by Gasteiger charge is 2.31. The van der Waals surface area contributed by atoms with Gasteiger partial charge in [-0.25, -0.2) is 0 Å². The van der Waals surface area contributed by atoms with Crippen LogP contribution in [0, 0.1) is 6.92 Å². The maximum Gasteiger partial charge on any atom is 0.234 e. The first kappa shape index (κ1) is 16.1. The van der Waals surface area contributed by atoms with E-state index < -0.39 is 0 Å². The van der Waals surface area contributed by atoms with Gasteiger partial charge in [-0.05, 0) is 45.2 Å². The fourth-order valence-electron chi connectivity index (χ4n) is 2.52. The van der Waals surface area contributed by atoms with E-state index >= 15 is 0 Å². The first-order valence-electron chi connectivity index (χ1n) is 7.99. The summed E-state index contributed by atoms with van der Waals surface area (Å²) in [4.78, 5) is 12.2. The van der Waals surface area contributed by atoms with Crippen LogP contribution in [0.25, 0.3) is 0 Å². The van der Waals surface area contributed by atoms with Crippen molar-refractivity contribution < 1.29 is 4.79 Å². The molecule has 1 aromatic heterocycles. The van der Waals surface area contributed by atoms with E-state index in [0.29, 0.717) is 17.7 Å². The zero-order chi connectivity index (χ0) is 16.4. The lowest BCUT2D eigenvalue weighted by Crippen LogP contribution is -2.15. The third-order valence-corrected chi connectivity index (χ3v) is 4.84. The highest BCUT2D eigenvalue weighted by atomic mass is 32.2. The van der Waals surface area contributed by atoms with E-state index in [4.69, 9.17) is 0 Å². The zero-order valence-corrected chi connectivity index (χ0v) is 14.6. The van der Waals surface area contributed by atoms with Gasteiger partial charge in [-0.15, -0.1) is 10.2 Å². The summed E-state index contributed by atoms with van der Waals surface area (Å²) in [7, 11) is 0. The second-order valence-electron chi connectivity index (χ2n) is 6.23. The Kier molecular flexibility index (Phi) is 4.71. The van der Waals surface area contributed by atoms with Crippen molar-refractivity contribution in [1.29, 1.82) is 0 Å². The maximum absolute atomic E-state index is 12.2. The number of aryl methyl sites for hydroxylation is 1. The molecule has 122 valence electrons. The van der Waals surface area contributed by atoms with Gasteiger partial charge in [0.15, 0.2) is 5.16 Å². The molecule has 1 fully saturated rings. The van der Waals surface area contributed by atoms with Crippen LogP contribution in [0.2, 0.25) is 0 Å². The Balaban J connectivity index is 1.64. The van der Waals surface area contributed by atoms with E-state index in [9.17, 15) is 4.79 Å². The average molecular weight is 330 g/mol. The van der Waals surface area contributed by atoms with Crippen LogP contribution in [0.3, 0.4) is 0 Å². The number of carbonyl (C=O) groups excluding carboxylic acids is 1. The molecule has 1 amide bonds. The Morgan fingerprint density at radius 3 is 2.74 bits per heavy atom. The lowest BCUT2D eigenvalue weighted by atomic mass is 10.2. The molecule has 1 heterocycles. The van der Waals surface area contributed by atoms with Crippen LogP contribution in [0.1, 0.15) is 50.0 Å². The summed E-state index contributed by atoms with van der Waals surface area (Å²) in [5.41, 5.74) is 1.93. The maximum atomic E-state index is 12.2. The molecule has 2 aromatic rings. The number of thioether (sulfide) groups is 1. The first-order valence-corrected chi connectivity index (χ1v) is 8.98. The molecule has 0 saturated heterocycles. The van der Waals surface area contributed by atoms with Gasteiger partial charge >= 0.3 is 0 Å². The molecular formula is C17H22N4OS. The van der Waals surface area contributed by atoms with E-state index in [2.05, 4.69) is 33.9 Å². The highest BCUT2D eigenvalue weighted by Crippen LogP contribution is 2.41. The van der Waals surface area contributed by atoms with Crippen molar-refractivity contribution in [3.8, 4) is 0 Å². The van der Waals surface area contributed by atoms with Crippen LogP contribution in [-0.2, 0) is 4.79 Å². The van der Waals surface area contributed by atoms with Crippen LogP contribution >= 0.6 is 11.8 Å². The van der Waals surface area contributed by atoms with E-state index in [1.54, 1.807) is 0 Å². The number of hydrogen-bond donors (Lipinski definition) is 1. The number of carbonyl (C=O) groups is 1. The molecule has 1 aromatic carbocycles. The van der Waals surface area contributed by atoms with Gasteiger partial charge in [-0.1, -0.05) is 30.0 Å². The number of hydrogen-bond acceptors (Lipinski definition) is 4. The molecule has 0 spiro atoms. The summed E-state index contributed by atoms with van der Waals surface area (Å²) in [5, 5.41) is 12.4. The van der Waals surface area contributed by atoms with Gasteiger partial charge < -0.3 is 9.88 Å². The molecule has 0 aliphatic heterocycles. The molecule has 1 N–H and O–H groups in total. The van der Waals surface area contributed by atoms with Crippen LogP contribution in [0.4, 0.5) is 5.69 Å². The van der Waals surface area contributed by atoms with E-state index in [-0.39, 0.29) is 5.91 Å². The largest absolute Gasteiger partial charge is 0.325 e. The Morgan fingerprint density at radius 2 is 2.09 bits per heavy atom. The summed E-state index contributed by atoms with van der Waals surface area (Å²) in [6.07, 6.45) is 2.40. The number of anilines is 1. The van der Waals surface area contributed by atoms with Crippen molar-refractivity contribution in [1.82, 2.24) is 14.8 Å². The molecule has 0 bridgehead atoms. The number of amides is 1. The fraction of sp³-hybridized carbons (Fsp3) is 0.471. The molecule has 23 heavy (non-hydrogen) atoms. The van der Waals surface area contributed by atoms with E-state index in [0.717, 1.165) is 22.2 Å². The minimum Gasteiger partial charge on any atom is -0.325 e. The summed E-state index contributed by atoms with van der Waals surface area (Å²) in [6.45, 7) is 6.25. The van der Waals surface area contributed by atoms with Crippen LogP contribution in [0.15, 0.2) is 29.4 Å². The molecule has 1 aliphatic rings. The lowest BCUT2D eigenvalue weighted by Gasteiger charge is -2.13. The van der Waals surface area contributed by atoms with Crippen molar-refractivity contribution in [3.63, 3.8) is 0 Å². The molecule has 5 nitrogen and oxygen atoms in total. The van der Waals surface area contributed by atoms with Gasteiger partial charge in [0.1, 0.15) is 5.82 Å². The standard InChI is InChI=1S/C17H22N4OS/c1-11(2)21-16(13-8-9-13)19-20-17(21)23-10-15(22)18-14-7-5-4-6-12(14)3/h4-7,11,13H,8-10H2,1-3H3,(H,18,22). The Labute approximate surface area is 140 Å². The number of nitrogens with one attached hydrogen (secondary N) is 1. The van der Waals surface area contributed by atoms with Crippen LogP contribution in [-0.4, -0.2) is 26.4 Å². The molecule has 1 aliphatic carbocycles. The van der Waals surface area contributed by atoms with Gasteiger partial charge in [0.2, 0.25) is 5.91 Å². The fourth-order valence-corrected chi connectivity index (χ4v) is 3.40. The Morgan fingerprint density at radius 1 is 1.35 bits per heavy atom. The number of rotatable bonds is 6. The SMILES string of the molecule is Cc1ccccc1NC(=O)CSc1nnc(C2CC2)n1C(C)C. The normalized spacial score (nSPS) is 14.3. The van der Waals surface area contributed by atoms with Gasteiger partial charge in [0.25, 0.3) is 0 Å². The van der Waals surface area contributed by atoms with Gasteiger partial charge in [0.05, 0.1) is 5.75 Å². The first-order chi connectivity index (χ1) is 11.1. The van der Waals surface area contributed by atoms with Gasteiger partial charge in [0, 0.05) is 17.6 Å².